The lowest BCUT2D eigenvalue weighted by Gasteiger charge is -2.31. The predicted octanol–water partition coefficient (Wildman–Crippen LogP) is 2.81. The van der Waals surface area contributed by atoms with Crippen molar-refractivity contribution in [1.29, 1.82) is 0 Å². The maximum Gasteiger partial charge on any atom is 0.409 e. The molecular weight excluding hydrogens is 382 g/mol. The molecule has 0 bridgehead atoms. The highest BCUT2D eigenvalue weighted by Gasteiger charge is 2.24. The van der Waals surface area contributed by atoms with Crippen molar-refractivity contribution in [3.05, 3.63) is 51.4 Å². The van der Waals surface area contributed by atoms with Crippen molar-refractivity contribution >= 4 is 23.4 Å². The van der Waals surface area contributed by atoms with Crippen LogP contribution in [0.25, 0.3) is 5.69 Å². The van der Waals surface area contributed by atoms with E-state index >= 15 is 0 Å². The Bertz CT molecular complexity index is 914. The van der Waals surface area contributed by atoms with Crippen molar-refractivity contribution in [3.63, 3.8) is 0 Å². The van der Waals surface area contributed by atoms with Gasteiger partial charge in [0.25, 0.3) is 5.56 Å². The Hall–Kier alpha value is -2.68. The molecule has 1 aliphatic heterocycles. The summed E-state index contributed by atoms with van der Waals surface area (Å²) in [7, 11) is 1.33. The van der Waals surface area contributed by atoms with Crippen molar-refractivity contribution in [2.24, 2.45) is 0 Å². The van der Waals surface area contributed by atoms with Gasteiger partial charge in [-0.2, -0.15) is 9.78 Å². The van der Waals surface area contributed by atoms with Gasteiger partial charge in [-0.3, -0.25) is 4.79 Å². The molecule has 3 rings (SSSR count). The summed E-state index contributed by atoms with van der Waals surface area (Å²) in [6.07, 6.45) is 2.22. The summed E-state index contributed by atoms with van der Waals surface area (Å²) < 4.78 is 32.4. The average molecular weight is 399 g/mol. The molecule has 0 atom stereocenters. The molecule has 1 N–H and O–H groups in total. The summed E-state index contributed by atoms with van der Waals surface area (Å²) in [6, 6.07) is 2.80. The van der Waals surface area contributed by atoms with Crippen LogP contribution in [0.4, 0.5) is 19.3 Å². The van der Waals surface area contributed by atoms with Crippen LogP contribution in [-0.2, 0) is 4.74 Å². The summed E-state index contributed by atoms with van der Waals surface area (Å²) in [5.74, 6) is -1.68. The fourth-order valence-corrected chi connectivity index (χ4v) is 3.10. The quantitative estimate of drug-likeness (QED) is 0.860. The van der Waals surface area contributed by atoms with Crippen LogP contribution in [0.2, 0.25) is 5.02 Å². The Morgan fingerprint density at radius 1 is 1.33 bits per heavy atom. The third-order valence-electron chi connectivity index (χ3n) is 4.34. The molecule has 0 aliphatic carbocycles. The molecule has 10 heteroatoms. The molecule has 27 heavy (non-hydrogen) atoms. The van der Waals surface area contributed by atoms with Gasteiger partial charge in [0.05, 0.1) is 19.0 Å². The number of carbonyl (C=O) groups excluding carboxylic acids is 1. The van der Waals surface area contributed by atoms with E-state index < -0.39 is 17.2 Å². The van der Waals surface area contributed by atoms with Crippen molar-refractivity contribution in [2.45, 2.75) is 18.9 Å². The van der Waals surface area contributed by atoms with E-state index in [2.05, 4.69) is 15.2 Å². The van der Waals surface area contributed by atoms with Crippen LogP contribution in [0, 0.1) is 11.6 Å². The van der Waals surface area contributed by atoms with Crippen molar-refractivity contribution < 1.29 is 18.3 Å². The summed E-state index contributed by atoms with van der Waals surface area (Å²) in [5.41, 5.74) is -0.600. The molecule has 2 heterocycles. The number of aromatic nitrogens is 2. The minimum atomic E-state index is -0.920. The molecule has 0 radical (unpaired) electrons. The molecule has 0 unspecified atom stereocenters. The Morgan fingerprint density at radius 3 is 2.67 bits per heavy atom. The molecule has 7 nitrogen and oxygen atoms in total. The first-order valence-corrected chi connectivity index (χ1v) is 8.61. The van der Waals surface area contributed by atoms with Crippen LogP contribution in [0.3, 0.4) is 0 Å². The normalized spacial score (nSPS) is 14.9. The van der Waals surface area contributed by atoms with E-state index in [0.29, 0.717) is 37.7 Å². The average Bonchev–Trinajstić information content (AvgIpc) is 2.66. The van der Waals surface area contributed by atoms with E-state index in [1.54, 1.807) is 4.90 Å². The van der Waals surface area contributed by atoms with Gasteiger partial charge in [0.2, 0.25) is 0 Å². The number of nitrogens with zero attached hydrogens (tertiary/aromatic N) is 3. The van der Waals surface area contributed by atoms with Crippen LogP contribution >= 0.6 is 11.6 Å². The lowest BCUT2D eigenvalue weighted by Crippen LogP contribution is -2.42. The highest BCUT2D eigenvalue weighted by atomic mass is 35.5. The van der Waals surface area contributed by atoms with E-state index in [-0.39, 0.29) is 22.8 Å². The minimum Gasteiger partial charge on any atom is -0.453 e. The SMILES string of the molecule is COC(=O)N1CCC(Nc2cnn(-c3ccc(F)cc3F)c(=O)c2Cl)CC1. The topological polar surface area (TPSA) is 76.5 Å². The maximum atomic E-state index is 13.9. The standard InChI is InChI=1S/C17H17ClF2N4O3/c1-27-17(26)23-6-4-11(5-7-23)22-13-9-21-24(16(25)15(13)18)14-3-2-10(19)8-12(14)20/h2-3,8-9,11,22H,4-7H2,1H3. The Morgan fingerprint density at radius 2 is 2.04 bits per heavy atom. The van der Waals surface area contributed by atoms with Gasteiger partial charge >= 0.3 is 6.09 Å². The van der Waals surface area contributed by atoms with Gasteiger partial charge in [0.15, 0.2) is 5.82 Å². The highest BCUT2D eigenvalue weighted by molar-refractivity contribution is 6.33. The second kappa shape index (κ2) is 7.91. The van der Waals surface area contributed by atoms with Crippen LogP contribution in [0.15, 0.2) is 29.2 Å². The Kier molecular flexibility index (Phi) is 5.59. The number of halogens is 3. The van der Waals surface area contributed by atoms with Crippen molar-refractivity contribution in [3.8, 4) is 5.69 Å². The fourth-order valence-electron chi connectivity index (χ4n) is 2.91. The number of nitrogens with one attached hydrogen (secondary N) is 1. The van der Waals surface area contributed by atoms with E-state index in [0.717, 1.165) is 16.8 Å². The minimum absolute atomic E-state index is 0.0111. The molecule has 0 spiro atoms. The van der Waals surface area contributed by atoms with Crippen LogP contribution in [0.5, 0.6) is 0 Å². The number of benzene rings is 1. The van der Waals surface area contributed by atoms with E-state index in [1.165, 1.54) is 13.3 Å². The highest BCUT2D eigenvalue weighted by Crippen LogP contribution is 2.22. The number of ether oxygens (including phenoxy) is 1. The predicted molar refractivity (Wildman–Crippen MR) is 95.4 cm³/mol. The Balaban J connectivity index is 1.76. The number of anilines is 1. The van der Waals surface area contributed by atoms with Crippen molar-refractivity contribution in [2.75, 3.05) is 25.5 Å². The zero-order chi connectivity index (χ0) is 19.6. The summed E-state index contributed by atoms with van der Waals surface area (Å²) >= 11 is 6.14. The number of hydrogen-bond donors (Lipinski definition) is 1. The number of piperidine rings is 1. The third kappa shape index (κ3) is 4.02. The first-order chi connectivity index (χ1) is 12.9. The van der Waals surface area contributed by atoms with Gasteiger partial charge in [0, 0.05) is 25.2 Å². The van der Waals surface area contributed by atoms with Gasteiger partial charge in [-0.25, -0.2) is 13.6 Å². The fraction of sp³-hybridized carbons (Fsp3) is 0.353. The zero-order valence-corrected chi connectivity index (χ0v) is 15.2. The van der Waals surface area contributed by atoms with Gasteiger partial charge in [0.1, 0.15) is 16.5 Å². The van der Waals surface area contributed by atoms with Gasteiger partial charge in [-0.05, 0) is 25.0 Å². The van der Waals surface area contributed by atoms with Crippen LogP contribution in [-0.4, -0.2) is 47.0 Å². The number of carbonyl (C=O) groups is 1. The molecule has 0 saturated carbocycles. The Labute approximate surface area is 158 Å². The largest absolute Gasteiger partial charge is 0.453 e. The molecule has 1 aliphatic rings. The number of rotatable bonds is 3. The van der Waals surface area contributed by atoms with Gasteiger partial charge < -0.3 is 15.0 Å². The molecule has 1 amide bonds. The number of hydrogen-bond acceptors (Lipinski definition) is 5. The molecular formula is C17H17ClF2N4O3. The zero-order valence-electron chi connectivity index (χ0n) is 14.4. The molecule has 144 valence electrons. The second-order valence-electron chi connectivity index (χ2n) is 6.06. The monoisotopic (exact) mass is 398 g/mol. The first-order valence-electron chi connectivity index (χ1n) is 8.23. The maximum absolute atomic E-state index is 13.9. The summed E-state index contributed by atoms with van der Waals surface area (Å²) in [5, 5.41) is 6.91. The number of methoxy groups -OCH3 is 1. The van der Waals surface area contributed by atoms with E-state index in [9.17, 15) is 18.4 Å². The second-order valence-corrected chi connectivity index (χ2v) is 6.44. The van der Waals surface area contributed by atoms with Crippen LogP contribution < -0.4 is 10.9 Å². The lowest BCUT2D eigenvalue weighted by molar-refractivity contribution is 0.113. The molecule has 1 aromatic heterocycles. The summed E-state index contributed by atoms with van der Waals surface area (Å²) in [4.78, 5) is 25.5. The lowest BCUT2D eigenvalue weighted by atomic mass is 10.1. The number of amides is 1. The van der Waals surface area contributed by atoms with Crippen molar-refractivity contribution in [1.82, 2.24) is 14.7 Å². The molecule has 1 aromatic carbocycles. The van der Waals surface area contributed by atoms with Crippen LogP contribution in [0.1, 0.15) is 12.8 Å². The van der Waals surface area contributed by atoms with Gasteiger partial charge in [-0.15, -0.1) is 0 Å². The molecule has 2 aromatic rings. The molecule has 1 saturated heterocycles. The van der Waals surface area contributed by atoms with E-state index in [4.69, 9.17) is 11.6 Å². The molecule has 1 fully saturated rings. The summed E-state index contributed by atoms with van der Waals surface area (Å²) in [6.45, 7) is 1.01. The first kappa shape index (κ1) is 19.1. The number of likely N-dealkylation sites (tertiary alicyclic amines) is 1. The van der Waals surface area contributed by atoms with E-state index in [1.807, 2.05) is 0 Å². The third-order valence-corrected chi connectivity index (χ3v) is 4.71. The van der Waals surface area contributed by atoms with Gasteiger partial charge in [-0.1, -0.05) is 11.6 Å². The smallest absolute Gasteiger partial charge is 0.409 e.